The molecule has 2 aliphatic heterocycles. The number of fused-ring (bicyclic) bond motifs is 8. The molecule has 0 unspecified atom stereocenters. The molecule has 0 aliphatic carbocycles. The zero-order valence-corrected chi connectivity index (χ0v) is 19.0. The van der Waals surface area contributed by atoms with E-state index in [0.717, 1.165) is 23.0 Å². The van der Waals surface area contributed by atoms with Crippen molar-refractivity contribution in [2.45, 2.75) is 26.2 Å². The van der Waals surface area contributed by atoms with Crippen LogP contribution in [0.15, 0.2) is 91.0 Å². The fourth-order valence-corrected chi connectivity index (χ4v) is 10.4. The third-order valence-corrected chi connectivity index (χ3v) is 11.4. The second-order valence-electron chi connectivity index (χ2n) is 9.37. The van der Waals surface area contributed by atoms with E-state index in [-0.39, 0.29) is 5.41 Å². The highest BCUT2D eigenvalue weighted by Gasteiger charge is 2.53. The van der Waals surface area contributed by atoms with E-state index in [1.807, 2.05) is 0 Å². The van der Waals surface area contributed by atoms with Crippen LogP contribution in [0.1, 0.15) is 26.3 Å². The van der Waals surface area contributed by atoms with Crippen LogP contribution >= 0.6 is 0 Å². The maximum Gasteiger partial charge on any atom is 0.196 e. The van der Waals surface area contributed by atoms with Crippen LogP contribution in [0.4, 0.5) is 0 Å². The Morgan fingerprint density at radius 3 is 1.48 bits per heavy atom. The van der Waals surface area contributed by atoms with Crippen molar-refractivity contribution >= 4 is 28.8 Å². The van der Waals surface area contributed by atoms with Crippen molar-refractivity contribution in [1.29, 1.82) is 0 Å². The van der Waals surface area contributed by atoms with E-state index in [9.17, 15) is 0 Å². The fraction of sp³-hybridized carbons (Fsp3) is 0.143. The molecule has 4 aromatic rings. The minimum atomic E-state index is -2.61. The van der Waals surface area contributed by atoms with E-state index >= 15 is 0 Å². The van der Waals surface area contributed by atoms with Crippen molar-refractivity contribution in [3.05, 3.63) is 96.6 Å². The van der Waals surface area contributed by atoms with E-state index in [1.165, 1.54) is 26.3 Å². The first kappa shape index (κ1) is 18.5. The number of benzene rings is 4. The third kappa shape index (κ3) is 2.44. The highest BCUT2D eigenvalue weighted by molar-refractivity contribution is 7.21. The lowest BCUT2D eigenvalue weighted by atomic mass is 9.86. The molecule has 0 saturated heterocycles. The van der Waals surface area contributed by atoms with Crippen LogP contribution in [0, 0.1) is 0 Å². The Balaban J connectivity index is 1.83. The summed E-state index contributed by atoms with van der Waals surface area (Å²) in [6.45, 7) is 6.77. The van der Waals surface area contributed by atoms with Crippen molar-refractivity contribution in [1.82, 2.24) is 0 Å². The van der Waals surface area contributed by atoms with Crippen molar-refractivity contribution in [3.8, 4) is 23.0 Å². The van der Waals surface area contributed by atoms with Gasteiger partial charge in [0.25, 0.3) is 0 Å². The quantitative estimate of drug-likeness (QED) is 0.335. The number of rotatable bonds is 0. The lowest BCUT2D eigenvalue weighted by molar-refractivity contribution is 0.458. The smallest absolute Gasteiger partial charge is 0.196 e. The number of hydrogen-bond donors (Lipinski definition) is 0. The lowest BCUT2D eigenvalue weighted by Gasteiger charge is -2.44. The molecule has 3 heteroatoms. The summed E-state index contributed by atoms with van der Waals surface area (Å²) in [5, 5.41) is 5.17. The molecule has 31 heavy (non-hydrogen) atoms. The van der Waals surface area contributed by atoms with Crippen LogP contribution in [0.2, 0.25) is 0 Å². The number of ether oxygens (including phenoxy) is 2. The molecule has 6 rings (SSSR count). The first-order valence-corrected chi connectivity index (χ1v) is 12.8. The van der Waals surface area contributed by atoms with Gasteiger partial charge in [-0.15, -0.1) is 0 Å². The summed E-state index contributed by atoms with van der Waals surface area (Å²) in [7, 11) is -2.61. The first-order chi connectivity index (χ1) is 15.0. The van der Waals surface area contributed by atoms with Gasteiger partial charge in [0.15, 0.2) is 8.07 Å². The summed E-state index contributed by atoms with van der Waals surface area (Å²) >= 11 is 0. The van der Waals surface area contributed by atoms with Gasteiger partial charge in [0, 0.05) is 5.56 Å². The average Bonchev–Trinajstić information content (AvgIpc) is 2.78. The van der Waals surface area contributed by atoms with Crippen LogP contribution in [0.3, 0.4) is 0 Å². The maximum absolute atomic E-state index is 6.69. The largest absolute Gasteiger partial charge is 0.458 e. The maximum atomic E-state index is 6.69. The fourth-order valence-electron chi connectivity index (χ4n) is 5.23. The molecule has 0 atom stereocenters. The number of para-hydroxylation sites is 4. The molecule has 0 radical (unpaired) electrons. The van der Waals surface area contributed by atoms with E-state index in [2.05, 4.69) is 112 Å². The topological polar surface area (TPSA) is 18.5 Å². The van der Waals surface area contributed by atoms with Gasteiger partial charge in [-0.2, -0.15) is 0 Å². The summed E-state index contributed by atoms with van der Waals surface area (Å²) in [4.78, 5) is 0. The van der Waals surface area contributed by atoms with Gasteiger partial charge in [-0.05, 0) is 44.4 Å². The molecule has 0 aromatic heterocycles. The van der Waals surface area contributed by atoms with Crippen molar-refractivity contribution in [2.24, 2.45) is 0 Å². The minimum absolute atomic E-state index is 0.0303. The van der Waals surface area contributed by atoms with Crippen LogP contribution < -0.4 is 30.2 Å². The van der Waals surface area contributed by atoms with Crippen LogP contribution in [0.25, 0.3) is 0 Å². The monoisotopic (exact) mass is 420 g/mol. The van der Waals surface area contributed by atoms with Gasteiger partial charge in [0.1, 0.15) is 23.0 Å². The van der Waals surface area contributed by atoms with Crippen molar-refractivity contribution in [2.75, 3.05) is 0 Å². The van der Waals surface area contributed by atoms with Gasteiger partial charge in [0.05, 0.1) is 0 Å². The highest BCUT2D eigenvalue weighted by atomic mass is 28.3. The van der Waals surface area contributed by atoms with Gasteiger partial charge < -0.3 is 9.47 Å². The van der Waals surface area contributed by atoms with Gasteiger partial charge >= 0.3 is 0 Å². The molecule has 0 bridgehead atoms. The van der Waals surface area contributed by atoms with E-state index in [4.69, 9.17) is 9.47 Å². The molecular formula is C28H24O2Si. The molecule has 0 saturated carbocycles. The Kier molecular flexibility index (Phi) is 3.78. The van der Waals surface area contributed by atoms with Gasteiger partial charge in [0.2, 0.25) is 0 Å². The highest BCUT2D eigenvalue weighted by Crippen LogP contribution is 2.40. The predicted molar refractivity (Wildman–Crippen MR) is 129 cm³/mol. The van der Waals surface area contributed by atoms with E-state index < -0.39 is 8.07 Å². The van der Waals surface area contributed by atoms with E-state index in [0.29, 0.717) is 0 Å². The first-order valence-electron chi connectivity index (χ1n) is 10.8. The molecule has 0 N–H and O–H groups in total. The molecule has 152 valence electrons. The Morgan fingerprint density at radius 1 is 0.516 bits per heavy atom. The van der Waals surface area contributed by atoms with Gasteiger partial charge in [-0.25, -0.2) is 0 Å². The zero-order chi connectivity index (χ0) is 21.2. The molecule has 2 nitrogen and oxygen atoms in total. The van der Waals surface area contributed by atoms with Crippen LogP contribution in [-0.2, 0) is 5.41 Å². The normalized spacial score (nSPS) is 15.1. The SMILES string of the molecule is CC(C)(C)c1cccc2c1Oc1ccccc1[Si]21c2ccccc2Oc2ccccc21. The molecule has 0 amide bonds. The third-order valence-electron chi connectivity index (χ3n) is 6.53. The molecule has 1 spiro atoms. The Bertz CT molecular complexity index is 1270. The van der Waals surface area contributed by atoms with Crippen LogP contribution in [-0.4, -0.2) is 8.07 Å². The molecular weight excluding hydrogens is 396 g/mol. The second kappa shape index (κ2) is 6.35. The Hall–Kier alpha value is -3.30. The average molecular weight is 421 g/mol. The molecule has 4 aromatic carbocycles. The minimum Gasteiger partial charge on any atom is -0.458 e. The second-order valence-corrected chi connectivity index (χ2v) is 13.0. The number of hydrogen-bond acceptors (Lipinski definition) is 2. The summed E-state index contributed by atoms with van der Waals surface area (Å²) in [6.07, 6.45) is 0. The van der Waals surface area contributed by atoms with Crippen molar-refractivity contribution in [3.63, 3.8) is 0 Å². The Morgan fingerprint density at radius 2 is 0.968 bits per heavy atom. The summed E-state index contributed by atoms with van der Waals surface area (Å²) in [5.41, 5.74) is 1.21. The summed E-state index contributed by atoms with van der Waals surface area (Å²) in [5.74, 6) is 3.89. The van der Waals surface area contributed by atoms with E-state index in [1.54, 1.807) is 0 Å². The Labute approximate surface area is 184 Å². The van der Waals surface area contributed by atoms with Crippen molar-refractivity contribution < 1.29 is 9.47 Å². The van der Waals surface area contributed by atoms with Gasteiger partial charge in [-0.1, -0.05) is 93.6 Å². The summed E-state index contributed by atoms with van der Waals surface area (Å²) < 4.78 is 13.1. The van der Waals surface area contributed by atoms with Gasteiger partial charge in [-0.3, -0.25) is 0 Å². The predicted octanol–water partition coefficient (Wildman–Crippen LogP) is 4.57. The van der Waals surface area contributed by atoms with Crippen LogP contribution in [0.5, 0.6) is 23.0 Å². The molecule has 2 heterocycles. The molecule has 2 aliphatic rings. The molecule has 0 fully saturated rings. The lowest BCUT2D eigenvalue weighted by Crippen LogP contribution is -2.77. The standard InChI is InChI=1S/C28H24O2Si/c1-28(2,3)19-11-10-18-26-27(19)30-22-14-6-9-17-25(22)31(26)23-15-7-4-12-20(23)29-21-13-5-8-16-24(21)31/h4-18H,1-3H3. The summed E-state index contributed by atoms with van der Waals surface area (Å²) in [6, 6.07) is 32.4. The zero-order valence-electron chi connectivity index (χ0n) is 18.0.